The van der Waals surface area contributed by atoms with Gasteiger partial charge in [0, 0.05) is 11.6 Å². The van der Waals surface area contributed by atoms with E-state index in [-0.39, 0.29) is 24.2 Å². The molecule has 0 unspecified atom stereocenters. The highest BCUT2D eigenvalue weighted by Gasteiger charge is 2.31. The van der Waals surface area contributed by atoms with Crippen molar-refractivity contribution in [3.63, 3.8) is 0 Å². The highest BCUT2D eigenvalue weighted by atomic mass is 19.4. The molecule has 1 amide bonds. The minimum Gasteiger partial charge on any atom is -0.496 e. The number of nitrogens with one attached hydrogen (secondary N) is 1. The number of rotatable bonds is 5. The van der Waals surface area contributed by atoms with E-state index >= 15 is 0 Å². The third kappa shape index (κ3) is 4.13. The Kier molecular flexibility index (Phi) is 5.40. The zero-order chi connectivity index (χ0) is 21.3. The molecule has 0 atom stereocenters. The van der Waals surface area contributed by atoms with Crippen molar-refractivity contribution in [2.24, 2.45) is 0 Å². The van der Waals surface area contributed by atoms with E-state index in [9.17, 15) is 18.0 Å². The van der Waals surface area contributed by atoms with E-state index in [1.165, 1.54) is 13.2 Å². The molecule has 0 bridgehead atoms. The molecule has 0 saturated heterocycles. The Hall–Kier alpha value is -3.03. The van der Waals surface area contributed by atoms with Crippen molar-refractivity contribution in [2.75, 3.05) is 7.11 Å². The molecule has 2 aromatic carbocycles. The first-order valence-electron chi connectivity index (χ1n) is 9.85. The fourth-order valence-corrected chi connectivity index (χ4v) is 3.96. The van der Waals surface area contributed by atoms with Gasteiger partial charge in [-0.25, -0.2) is 4.98 Å². The van der Waals surface area contributed by atoms with Crippen molar-refractivity contribution in [3.8, 4) is 16.9 Å². The molecule has 8 heteroatoms. The number of carbonyl (C=O) groups excluding carboxylic acids is 1. The molecule has 1 N–H and O–H groups in total. The van der Waals surface area contributed by atoms with Gasteiger partial charge in [0.1, 0.15) is 12.3 Å². The average Bonchev–Trinajstić information content (AvgIpc) is 3.36. The second kappa shape index (κ2) is 8.01. The number of amides is 1. The number of fused-ring (bicyclic) bond motifs is 1. The number of carbonyl (C=O) groups is 1. The lowest BCUT2D eigenvalue weighted by molar-refractivity contribution is -0.137. The van der Waals surface area contributed by atoms with Crippen LogP contribution >= 0.6 is 0 Å². The number of methoxy groups -OCH3 is 1. The van der Waals surface area contributed by atoms with Crippen LogP contribution in [-0.2, 0) is 17.5 Å². The third-order valence-electron chi connectivity index (χ3n) is 5.50. The maximum absolute atomic E-state index is 13.0. The predicted octanol–water partition coefficient (Wildman–Crippen LogP) is 4.79. The molecule has 1 aliphatic carbocycles. The number of hydrogen-bond acceptors (Lipinski definition) is 3. The number of benzene rings is 2. The summed E-state index contributed by atoms with van der Waals surface area (Å²) in [6, 6.07) is 9.07. The molecule has 5 nitrogen and oxygen atoms in total. The fraction of sp³-hybridized carbons (Fsp3) is 0.364. The normalized spacial score (nSPS) is 14.9. The first kappa shape index (κ1) is 20.3. The van der Waals surface area contributed by atoms with Crippen molar-refractivity contribution in [1.82, 2.24) is 14.9 Å². The van der Waals surface area contributed by atoms with E-state index in [4.69, 9.17) is 4.74 Å². The van der Waals surface area contributed by atoms with Gasteiger partial charge in [-0.05, 0) is 42.7 Å². The number of alkyl halides is 3. The molecule has 0 radical (unpaired) electrons. The number of ether oxygens (including phenoxy) is 1. The van der Waals surface area contributed by atoms with Crippen LogP contribution in [0.3, 0.4) is 0 Å². The lowest BCUT2D eigenvalue weighted by Crippen LogP contribution is -2.35. The molecule has 30 heavy (non-hydrogen) atoms. The summed E-state index contributed by atoms with van der Waals surface area (Å²) >= 11 is 0. The molecule has 1 aromatic heterocycles. The SMILES string of the molecule is COc1cc(C(F)(F)F)ccc1-c1ccc2c(c1)ncn2CC(=O)NC1CCCC1. The van der Waals surface area contributed by atoms with E-state index in [1.54, 1.807) is 23.0 Å². The van der Waals surface area contributed by atoms with Crippen molar-refractivity contribution in [1.29, 1.82) is 0 Å². The first-order valence-corrected chi connectivity index (χ1v) is 9.85. The van der Waals surface area contributed by atoms with Gasteiger partial charge in [0.15, 0.2) is 0 Å². The van der Waals surface area contributed by atoms with Crippen LogP contribution in [0.15, 0.2) is 42.7 Å². The van der Waals surface area contributed by atoms with Crippen LogP contribution in [-0.4, -0.2) is 28.6 Å². The van der Waals surface area contributed by atoms with Crippen LogP contribution in [0.1, 0.15) is 31.2 Å². The molecule has 158 valence electrons. The number of halogens is 3. The minimum absolute atomic E-state index is 0.0466. The van der Waals surface area contributed by atoms with Gasteiger partial charge in [0.25, 0.3) is 0 Å². The summed E-state index contributed by atoms with van der Waals surface area (Å²) in [6.45, 7) is 0.177. The van der Waals surface area contributed by atoms with Crippen molar-refractivity contribution in [3.05, 3.63) is 48.3 Å². The van der Waals surface area contributed by atoms with Gasteiger partial charge >= 0.3 is 6.18 Å². The smallest absolute Gasteiger partial charge is 0.416 e. The molecule has 1 saturated carbocycles. The number of aromatic nitrogens is 2. The van der Waals surface area contributed by atoms with Gasteiger partial charge in [-0.1, -0.05) is 25.0 Å². The Morgan fingerprint density at radius 1 is 1.20 bits per heavy atom. The molecule has 1 aliphatic rings. The summed E-state index contributed by atoms with van der Waals surface area (Å²) in [6.07, 6.45) is 1.51. The summed E-state index contributed by atoms with van der Waals surface area (Å²) in [5, 5.41) is 3.06. The summed E-state index contributed by atoms with van der Waals surface area (Å²) in [7, 11) is 1.34. The highest BCUT2D eigenvalue weighted by molar-refractivity contribution is 5.85. The Bertz CT molecular complexity index is 1070. The van der Waals surface area contributed by atoms with Crippen LogP contribution in [0.5, 0.6) is 5.75 Å². The standard InChI is InChI=1S/C22H22F3N3O2/c1-30-20-11-15(22(23,24)25)7-8-17(20)14-6-9-19-18(10-14)26-13-28(19)12-21(29)27-16-4-2-3-5-16/h6-11,13,16H,2-5,12H2,1H3,(H,27,29). The van der Waals surface area contributed by atoms with E-state index in [2.05, 4.69) is 10.3 Å². The number of hydrogen-bond donors (Lipinski definition) is 1. The summed E-state index contributed by atoms with van der Waals surface area (Å²) in [4.78, 5) is 16.7. The Labute approximate surface area is 171 Å². The minimum atomic E-state index is -4.44. The van der Waals surface area contributed by atoms with Gasteiger partial charge < -0.3 is 14.6 Å². The molecule has 1 fully saturated rings. The maximum Gasteiger partial charge on any atom is 0.416 e. The van der Waals surface area contributed by atoms with Crippen molar-refractivity contribution < 1.29 is 22.7 Å². The van der Waals surface area contributed by atoms with Crippen LogP contribution in [0.2, 0.25) is 0 Å². The van der Waals surface area contributed by atoms with Gasteiger partial charge in [0.05, 0.1) is 30.0 Å². The van der Waals surface area contributed by atoms with Gasteiger partial charge in [-0.2, -0.15) is 13.2 Å². The molecule has 0 spiro atoms. The van der Waals surface area contributed by atoms with E-state index in [0.29, 0.717) is 16.6 Å². The monoisotopic (exact) mass is 417 g/mol. The van der Waals surface area contributed by atoms with Gasteiger partial charge in [-0.3, -0.25) is 4.79 Å². The molecule has 0 aliphatic heterocycles. The van der Waals surface area contributed by atoms with Crippen LogP contribution in [0.25, 0.3) is 22.2 Å². The summed E-state index contributed by atoms with van der Waals surface area (Å²) in [5.41, 5.74) is 1.91. The Morgan fingerprint density at radius 3 is 2.67 bits per heavy atom. The highest BCUT2D eigenvalue weighted by Crippen LogP contribution is 2.37. The quantitative estimate of drug-likeness (QED) is 0.650. The molecule has 1 heterocycles. The van der Waals surface area contributed by atoms with E-state index < -0.39 is 11.7 Å². The van der Waals surface area contributed by atoms with Crippen LogP contribution < -0.4 is 10.1 Å². The van der Waals surface area contributed by atoms with Crippen molar-refractivity contribution >= 4 is 16.9 Å². The fourth-order valence-electron chi connectivity index (χ4n) is 3.96. The Balaban J connectivity index is 1.58. The lowest BCUT2D eigenvalue weighted by atomic mass is 10.0. The zero-order valence-corrected chi connectivity index (χ0v) is 16.5. The van der Waals surface area contributed by atoms with Crippen LogP contribution in [0.4, 0.5) is 13.2 Å². The Morgan fingerprint density at radius 2 is 1.97 bits per heavy atom. The average molecular weight is 417 g/mol. The van der Waals surface area contributed by atoms with E-state index in [0.717, 1.165) is 43.3 Å². The molecular formula is C22H22F3N3O2. The topological polar surface area (TPSA) is 56.2 Å². The zero-order valence-electron chi connectivity index (χ0n) is 16.5. The molecular weight excluding hydrogens is 395 g/mol. The second-order valence-electron chi connectivity index (χ2n) is 7.54. The lowest BCUT2D eigenvalue weighted by Gasteiger charge is -2.13. The van der Waals surface area contributed by atoms with Gasteiger partial charge in [0.2, 0.25) is 5.91 Å². The van der Waals surface area contributed by atoms with E-state index in [1.807, 2.05) is 6.07 Å². The second-order valence-corrected chi connectivity index (χ2v) is 7.54. The van der Waals surface area contributed by atoms with Gasteiger partial charge in [-0.15, -0.1) is 0 Å². The third-order valence-corrected chi connectivity index (χ3v) is 5.50. The summed E-state index contributed by atoms with van der Waals surface area (Å²) < 4.78 is 45.9. The summed E-state index contributed by atoms with van der Waals surface area (Å²) in [5.74, 6) is 0.0919. The van der Waals surface area contributed by atoms with Crippen molar-refractivity contribution in [2.45, 2.75) is 44.4 Å². The number of nitrogens with zero attached hydrogens (tertiary/aromatic N) is 2. The maximum atomic E-state index is 13.0. The molecule has 4 rings (SSSR count). The largest absolute Gasteiger partial charge is 0.496 e. The first-order chi connectivity index (χ1) is 14.3. The number of imidazole rings is 1. The predicted molar refractivity (Wildman–Crippen MR) is 107 cm³/mol. The van der Waals surface area contributed by atoms with Crippen LogP contribution in [0, 0.1) is 0 Å². The molecule has 3 aromatic rings.